The molecule has 0 rings (SSSR count). The van der Waals surface area contributed by atoms with Gasteiger partial charge in [0.05, 0.1) is 26.4 Å². The quantitative estimate of drug-likeness (QED) is 0.0222. The fraction of sp³-hybridized carbons (Fsp3) is 0.947. The molecule has 3 N–H and O–H groups in total. The van der Waals surface area contributed by atoms with E-state index >= 15 is 0 Å². The van der Waals surface area contributed by atoms with E-state index in [1.54, 1.807) is 0 Å². The Labute approximate surface area is 575 Å². The Kier molecular flexibility index (Phi) is 66.8. The highest BCUT2D eigenvalue weighted by molar-refractivity contribution is 7.47. The van der Waals surface area contributed by atoms with Crippen LogP contribution < -0.4 is 0 Å². The van der Waals surface area contributed by atoms with E-state index in [-0.39, 0.29) is 25.7 Å². The van der Waals surface area contributed by atoms with Crippen LogP contribution in [0.4, 0.5) is 0 Å². The van der Waals surface area contributed by atoms with Gasteiger partial charge < -0.3 is 33.8 Å². The molecular weight excluding hydrogens is 1230 g/mol. The average molecular weight is 1380 g/mol. The second kappa shape index (κ2) is 68.2. The molecule has 6 atom stereocenters. The fourth-order valence-electron chi connectivity index (χ4n) is 11.5. The summed E-state index contributed by atoms with van der Waals surface area (Å²) in [6, 6.07) is 0. The summed E-state index contributed by atoms with van der Waals surface area (Å²) in [6.07, 6.45) is 56.7. The summed E-state index contributed by atoms with van der Waals surface area (Å²) in [5.74, 6) is -1.38. The number of ether oxygens (including phenoxy) is 4. The number of aliphatic hydroxyl groups excluding tert-OH is 1. The molecule has 17 nitrogen and oxygen atoms in total. The molecule has 0 heterocycles. The van der Waals surface area contributed by atoms with E-state index in [0.29, 0.717) is 25.7 Å². The lowest BCUT2D eigenvalue weighted by atomic mass is 10.00. The molecule has 0 saturated carbocycles. The number of phosphoric ester groups is 2. The van der Waals surface area contributed by atoms with Gasteiger partial charge in [-0.15, -0.1) is 0 Å². The van der Waals surface area contributed by atoms with Crippen LogP contribution in [0.3, 0.4) is 0 Å². The molecule has 0 aromatic rings. The standard InChI is InChI=1S/C75H146O17P2/c1-6-10-13-16-19-22-25-28-30-32-35-38-41-44-51-56-61-74(79)91-70(64-85-72(77)58-53-48-42-39-36-34-31-29-26-23-20-17-14-11-7-2)66-89-93(81,82)87-62-69(76)63-88-94(83,84)90-67-71(65-86-73(78)59-54-49-46-45-47-52-57-68(5)9-4)92-75(80)60-55-50-43-40-37-33-27-24-21-18-15-12-8-3/h68-71,76H,6-67H2,1-5H3,(H,81,82)(H,83,84)/t68?,69-,70-,71-/m1/s1. The zero-order valence-corrected chi connectivity index (χ0v) is 62.9. The predicted molar refractivity (Wildman–Crippen MR) is 382 cm³/mol. The van der Waals surface area contributed by atoms with E-state index in [2.05, 4.69) is 34.6 Å². The first-order valence-corrected chi connectivity index (χ1v) is 42.2. The number of carbonyl (C=O) groups excluding carboxylic acids is 4. The number of hydrogen-bond acceptors (Lipinski definition) is 15. The number of aliphatic hydroxyl groups is 1. The van der Waals surface area contributed by atoms with Crippen LogP contribution >= 0.6 is 15.6 Å². The van der Waals surface area contributed by atoms with Crippen molar-refractivity contribution in [3.05, 3.63) is 0 Å². The van der Waals surface area contributed by atoms with E-state index in [9.17, 15) is 43.2 Å². The summed E-state index contributed by atoms with van der Waals surface area (Å²) in [7, 11) is -9.91. The Bertz CT molecular complexity index is 1810. The molecule has 0 aliphatic rings. The van der Waals surface area contributed by atoms with Crippen molar-refractivity contribution in [3.63, 3.8) is 0 Å². The molecule has 3 unspecified atom stereocenters. The third kappa shape index (κ3) is 67.3. The summed E-state index contributed by atoms with van der Waals surface area (Å²) in [5, 5.41) is 10.6. The van der Waals surface area contributed by atoms with E-state index in [0.717, 1.165) is 102 Å². The van der Waals surface area contributed by atoms with E-state index in [4.69, 9.17) is 37.0 Å². The fourth-order valence-corrected chi connectivity index (χ4v) is 13.1. The van der Waals surface area contributed by atoms with Crippen molar-refractivity contribution in [1.82, 2.24) is 0 Å². The van der Waals surface area contributed by atoms with Gasteiger partial charge in [0.25, 0.3) is 0 Å². The van der Waals surface area contributed by atoms with Gasteiger partial charge in [-0.3, -0.25) is 37.3 Å². The summed E-state index contributed by atoms with van der Waals surface area (Å²) < 4.78 is 68.5. The zero-order valence-electron chi connectivity index (χ0n) is 61.1. The van der Waals surface area contributed by atoms with Gasteiger partial charge in [-0.2, -0.15) is 0 Å². The number of hydrogen-bond donors (Lipinski definition) is 3. The molecule has 0 bridgehead atoms. The molecule has 0 aliphatic heterocycles. The van der Waals surface area contributed by atoms with Gasteiger partial charge in [-0.1, -0.05) is 343 Å². The molecule has 0 saturated heterocycles. The SMILES string of the molecule is CCCCCCCCCCCCCCCCCCC(=O)O[C@H](COC(=O)CCCCCCCCCCCCCCCCC)COP(=O)(O)OC[C@@H](O)COP(=O)(O)OC[C@@H](COC(=O)CCCCCCCCC(C)CC)OC(=O)CCCCCCCCCCCCCCC. The monoisotopic (exact) mass is 1380 g/mol. The van der Waals surface area contributed by atoms with Gasteiger partial charge in [0.15, 0.2) is 12.2 Å². The van der Waals surface area contributed by atoms with Gasteiger partial charge in [-0.05, 0) is 31.6 Å². The molecule has 19 heteroatoms. The lowest BCUT2D eigenvalue weighted by Gasteiger charge is -2.21. The van der Waals surface area contributed by atoms with Gasteiger partial charge in [0.2, 0.25) is 0 Å². The third-order valence-corrected chi connectivity index (χ3v) is 19.8. The van der Waals surface area contributed by atoms with Crippen molar-refractivity contribution < 1.29 is 80.2 Å². The minimum absolute atomic E-state index is 0.107. The molecular formula is C75H146O17P2. The number of rotatable bonds is 75. The minimum Gasteiger partial charge on any atom is -0.462 e. The Morgan fingerprint density at radius 1 is 0.298 bits per heavy atom. The van der Waals surface area contributed by atoms with Crippen LogP contribution in [0.5, 0.6) is 0 Å². The number of phosphoric acid groups is 2. The molecule has 0 spiro atoms. The maximum absolute atomic E-state index is 13.1. The second-order valence-electron chi connectivity index (χ2n) is 27.3. The smallest absolute Gasteiger partial charge is 0.462 e. The van der Waals surface area contributed by atoms with Crippen molar-refractivity contribution >= 4 is 39.5 Å². The third-order valence-electron chi connectivity index (χ3n) is 17.9. The maximum atomic E-state index is 13.1. The van der Waals surface area contributed by atoms with Gasteiger partial charge in [0, 0.05) is 25.7 Å². The molecule has 558 valence electrons. The lowest BCUT2D eigenvalue weighted by molar-refractivity contribution is -0.161. The first kappa shape index (κ1) is 92.1. The molecule has 0 aromatic carbocycles. The minimum atomic E-state index is -4.96. The molecule has 0 amide bonds. The Balaban J connectivity index is 5.25. The highest BCUT2D eigenvalue weighted by atomic mass is 31.2. The summed E-state index contributed by atoms with van der Waals surface area (Å²) in [6.45, 7) is 7.26. The van der Waals surface area contributed by atoms with Crippen LogP contribution in [-0.2, 0) is 65.4 Å². The highest BCUT2D eigenvalue weighted by Gasteiger charge is 2.30. The van der Waals surface area contributed by atoms with Crippen molar-refractivity contribution in [2.24, 2.45) is 5.92 Å². The second-order valence-corrected chi connectivity index (χ2v) is 30.2. The van der Waals surface area contributed by atoms with E-state index in [1.807, 2.05) is 0 Å². The number of esters is 4. The summed E-state index contributed by atoms with van der Waals surface area (Å²) in [4.78, 5) is 72.8. The molecule has 94 heavy (non-hydrogen) atoms. The zero-order chi connectivity index (χ0) is 69.1. The van der Waals surface area contributed by atoms with Crippen molar-refractivity contribution in [2.45, 2.75) is 412 Å². The van der Waals surface area contributed by atoms with Crippen molar-refractivity contribution in [2.75, 3.05) is 39.6 Å². The van der Waals surface area contributed by atoms with Gasteiger partial charge in [-0.25, -0.2) is 9.13 Å². The average Bonchev–Trinajstić information content (AvgIpc) is 1.76. The van der Waals surface area contributed by atoms with Crippen LogP contribution in [0.15, 0.2) is 0 Å². The topological polar surface area (TPSA) is 237 Å². The van der Waals surface area contributed by atoms with Crippen LogP contribution in [0.1, 0.15) is 394 Å². The maximum Gasteiger partial charge on any atom is 0.472 e. The van der Waals surface area contributed by atoms with Crippen molar-refractivity contribution in [1.29, 1.82) is 0 Å². The summed E-state index contributed by atoms with van der Waals surface area (Å²) in [5.41, 5.74) is 0. The van der Waals surface area contributed by atoms with Crippen LogP contribution in [-0.4, -0.2) is 96.7 Å². The highest BCUT2D eigenvalue weighted by Crippen LogP contribution is 2.45. The predicted octanol–water partition coefficient (Wildman–Crippen LogP) is 22.1. The van der Waals surface area contributed by atoms with E-state index in [1.165, 1.54) is 212 Å². The number of unbranched alkanes of at least 4 members (excludes halogenated alkanes) is 46. The van der Waals surface area contributed by atoms with Crippen LogP contribution in [0, 0.1) is 5.92 Å². The summed E-state index contributed by atoms with van der Waals surface area (Å²) >= 11 is 0. The van der Waals surface area contributed by atoms with Gasteiger partial charge in [0.1, 0.15) is 19.3 Å². The Morgan fingerprint density at radius 3 is 0.755 bits per heavy atom. The normalized spacial score (nSPS) is 14.3. The van der Waals surface area contributed by atoms with Crippen molar-refractivity contribution in [3.8, 4) is 0 Å². The molecule has 0 fully saturated rings. The first-order chi connectivity index (χ1) is 45.6. The van der Waals surface area contributed by atoms with E-state index < -0.39 is 97.5 Å². The Hall–Kier alpha value is -1.94. The Morgan fingerprint density at radius 2 is 0.511 bits per heavy atom. The number of carbonyl (C=O) groups is 4. The molecule has 0 aliphatic carbocycles. The van der Waals surface area contributed by atoms with Crippen LogP contribution in [0.25, 0.3) is 0 Å². The largest absolute Gasteiger partial charge is 0.472 e. The van der Waals surface area contributed by atoms with Crippen LogP contribution in [0.2, 0.25) is 0 Å². The molecule has 0 aromatic heterocycles. The molecule has 0 radical (unpaired) electrons. The lowest BCUT2D eigenvalue weighted by Crippen LogP contribution is -2.30. The van der Waals surface area contributed by atoms with Gasteiger partial charge >= 0.3 is 39.5 Å². The first-order valence-electron chi connectivity index (χ1n) is 39.2.